The molecular formula is C22H30N6O4S. The topological polar surface area (TPSA) is 137 Å². The number of aliphatic hydroxyl groups is 1. The van der Waals surface area contributed by atoms with Crippen molar-refractivity contribution in [3.05, 3.63) is 30.3 Å². The van der Waals surface area contributed by atoms with Gasteiger partial charge in [0.25, 0.3) is 0 Å². The minimum absolute atomic E-state index is 0.353. The Kier molecular flexibility index (Phi) is 7.77. The number of likely N-dealkylation sites (N-methyl/N-ethyl adjacent to an activating group) is 1. The van der Waals surface area contributed by atoms with Crippen molar-refractivity contribution < 1.29 is 19.5 Å². The number of hydrogen-bond donors (Lipinski definition) is 4. The zero-order valence-corrected chi connectivity index (χ0v) is 20.0. The van der Waals surface area contributed by atoms with Crippen LogP contribution in [-0.2, 0) is 14.4 Å². The molecule has 10 nitrogen and oxygen atoms in total. The van der Waals surface area contributed by atoms with E-state index in [2.05, 4.69) is 25.5 Å². The molecule has 3 amide bonds. The summed E-state index contributed by atoms with van der Waals surface area (Å²) in [4.78, 5) is 40.4. The Morgan fingerprint density at radius 1 is 1.24 bits per heavy atom. The first-order valence-corrected chi connectivity index (χ1v) is 11.6. The van der Waals surface area contributed by atoms with Crippen LogP contribution in [0.5, 0.6) is 0 Å². The van der Waals surface area contributed by atoms with E-state index in [0.717, 1.165) is 17.1 Å². The summed E-state index contributed by atoms with van der Waals surface area (Å²) in [5.41, 5.74) is -0.136. The van der Waals surface area contributed by atoms with E-state index >= 15 is 0 Å². The Balaban J connectivity index is 1.77. The molecule has 3 rings (SSSR count). The maximum Gasteiger partial charge on any atom is 0.248 e. The molecule has 0 saturated carbocycles. The second-order valence-corrected chi connectivity index (χ2v) is 9.36. The van der Waals surface area contributed by atoms with E-state index in [-0.39, 0.29) is 5.91 Å². The van der Waals surface area contributed by atoms with Gasteiger partial charge in [-0.15, -0.1) is 5.10 Å². The van der Waals surface area contributed by atoms with Crippen LogP contribution in [0, 0.1) is 0 Å². The lowest BCUT2D eigenvalue weighted by Gasteiger charge is -2.34. The molecule has 178 valence electrons. The van der Waals surface area contributed by atoms with Crippen molar-refractivity contribution in [2.45, 2.75) is 57.3 Å². The Labute approximate surface area is 196 Å². The highest BCUT2D eigenvalue weighted by atomic mass is 32.1. The minimum Gasteiger partial charge on any atom is -0.388 e. The molecule has 33 heavy (non-hydrogen) atoms. The second kappa shape index (κ2) is 10.4. The van der Waals surface area contributed by atoms with Gasteiger partial charge in [0.2, 0.25) is 17.7 Å². The van der Waals surface area contributed by atoms with Crippen molar-refractivity contribution >= 4 is 34.3 Å². The van der Waals surface area contributed by atoms with Gasteiger partial charge in [-0.1, -0.05) is 34.8 Å². The molecule has 1 aromatic carbocycles. The number of carbonyl (C=O) groups excluding carboxylic acids is 3. The molecule has 0 unspecified atom stereocenters. The number of nitrogens with one attached hydrogen (secondary N) is 3. The van der Waals surface area contributed by atoms with E-state index < -0.39 is 35.5 Å². The van der Waals surface area contributed by atoms with Gasteiger partial charge < -0.3 is 26.0 Å². The molecule has 1 saturated heterocycles. The zero-order valence-electron chi connectivity index (χ0n) is 19.2. The summed E-state index contributed by atoms with van der Waals surface area (Å²) in [5.74, 6) is -1.27. The first kappa shape index (κ1) is 24.7. The SMILES string of the molecule is CN[C@@H](C)C(=O)N[C@H](C(=O)N1CCC[C@H]1C(=O)Nc1snnc1-c1ccccc1)C(C)(C)O. The van der Waals surface area contributed by atoms with Crippen molar-refractivity contribution in [2.75, 3.05) is 18.9 Å². The van der Waals surface area contributed by atoms with Crippen molar-refractivity contribution in [3.63, 3.8) is 0 Å². The summed E-state index contributed by atoms with van der Waals surface area (Å²) >= 11 is 1.07. The van der Waals surface area contributed by atoms with Gasteiger partial charge in [0.05, 0.1) is 11.6 Å². The van der Waals surface area contributed by atoms with Gasteiger partial charge in [0, 0.05) is 23.6 Å². The van der Waals surface area contributed by atoms with Crippen molar-refractivity contribution in [3.8, 4) is 11.3 Å². The number of benzene rings is 1. The van der Waals surface area contributed by atoms with E-state index in [4.69, 9.17) is 0 Å². The van der Waals surface area contributed by atoms with Crippen molar-refractivity contribution in [1.82, 2.24) is 25.1 Å². The number of amides is 3. The normalized spacial score (nSPS) is 18.0. The summed E-state index contributed by atoms with van der Waals surface area (Å²) in [6, 6.07) is 6.91. The third kappa shape index (κ3) is 5.73. The monoisotopic (exact) mass is 474 g/mol. The van der Waals surface area contributed by atoms with Gasteiger partial charge in [-0.2, -0.15) is 0 Å². The van der Waals surface area contributed by atoms with Crippen LogP contribution in [0.1, 0.15) is 33.6 Å². The molecule has 0 spiro atoms. The summed E-state index contributed by atoms with van der Waals surface area (Å²) < 4.78 is 3.96. The maximum absolute atomic E-state index is 13.4. The highest BCUT2D eigenvalue weighted by Crippen LogP contribution is 2.30. The zero-order chi connectivity index (χ0) is 24.2. The first-order valence-electron chi connectivity index (χ1n) is 10.8. The summed E-state index contributed by atoms with van der Waals surface area (Å²) in [6.07, 6.45) is 1.11. The quantitative estimate of drug-likeness (QED) is 0.448. The second-order valence-electron chi connectivity index (χ2n) is 8.60. The largest absolute Gasteiger partial charge is 0.388 e. The third-order valence-electron chi connectivity index (χ3n) is 5.68. The predicted molar refractivity (Wildman–Crippen MR) is 125 cm³/mol. The number of carbonyl (C=O) groups is 3. The Morgan fingerprint density at radius 3 is 2.58 bits per heavy atom. The van der Waals surface area contributed by atoms with Gasteiger partial charge in [-0.3, -0.25) is 14.4 Å². The molecule has 1 aliphatic rings. The maximum atomic E-state index is 13.4. The van der Waals surface area contributed by atoms with E-state index in [0.29, 0.717) is 30.1 Å². The van der Waals surface area contributed by atoms with Crippen LogP contribution in [-0.4, -0.2) is 74.6 Å². The van der Waals surface area contributed by atoms with Gasteiger partial charge >= 0.3 is 0 Å². The average Bonchev–Trinajstić information content (AvgIpc) is 3.45. The molecule has 2 heterocycles. The highest BCUT2D eigenvalue weighted by molar-refractivity contribution is 7.10. The Hall–Kier alpha value is -2.89. The summed E-state index contributed by atoms with van der Waals surface area (Å²) in [6.45, 7) is 4.93. The Bertz CT molecular complexity index is 990. The van der Waals surface area contributed by atoms with Gasteiger partial charge in [0.1, 0.15) is 22.8 Å². The number of aromatic nitrogens is 2. The van der Waals surface area contributed by atoms with Crippen LogP contribution >= 0.6 is 11.5 Å². The first-order chi connectivity index (χ1) is 15.6. The number of anilines is 1. The molecule has 11 heteroatoms. The molecule has 4 N–H and O–H groups in total. The lowest BCUT2D eigenvalue weighted by Crippen LogP contribution is -2.62. The fourth-order valence-corrected chi connectivity index (χ4v) is 4.26. The van der Waals surface area contributed by atoms with Gasteiger partial charge in [-0.05, 0) is 40.7 Å². The molecule has 2 aromatic rings. The van der Waals surface area contributed by atoms with Crippen LogP contribution in [0.15, 0.2) is 30.3 Å². The van der Waals surface area contributed by atoms with Crippen molar-refractivity contribution in [2.24, 2.45) is 0 Å². The number of likely N-dealkylation sites (tertiary alicyclic amines) is 1. The molecule has 0 radical (unpaired) electrons. The van der Waals surface area contributed by atoms with Crippen molar-refractivity contribution in [1.29, 1.82) is 0 Å². The predicted octanol–water partition coefficient (Wildman–Crippen LogP) is 0.998. The van der Waals surface area contributed by atoms with Gasteiger partial charge in [-0.25, -0.2) is 0 Å². The summed E-state index contributed by atoms with van der Waals surface area (Å²) in [5, 5.41) is 23.5. The molecule has 1 aliphatic heterocycles. The van der Waals surface area contributed by atoms with Crippen LogP contribution in [0.3, 0.4) is 0 Å². The molecule has 1 aromatic heterocycles. The third-order valence-corrected chi connectivity index (χ3v) is 6.32. The number of rotatable bonds is 8. The van der Waals surface area contributed by atoms with E-state index in [1.807, 2.05) is 30.3 Å². The number of nitrogens with zero attached hydrogens (tertiary/aromatic N) is 3. The van der Waals surface area contributed by atoms with E-state index in [1.165, 1.54) is 18.7 Å². The lowest BCUT2D eigenvalue weighted by atomic mass is 9.96. The smallest absolute Gasteiger partial charge is 0.248 e. The number of hydrogen-bond acceptors (Lipinski definition) is 8. The molecule has 0 bridgehead atoms. The molecule has 1 fully saturated rings. The standard InChI is InChI=1S/C22H30N6O4S/c1-13(23-4)18(29)24-17(22(2,3)32)21(31)28-12-8-11-15(28)19(30)25-20-16(26-27-33-20)14-9-6-5-7-10-14/h5-7,9-10,13,15,17,23,32H,8,11-12H2,1-4H3,(H,24,29)(H,25,30)/t13-,15-,17+/m0/s1. The molecule has 3 atom stereocenters. The van der Waals surface area contributed by atoms with Crippen LogP contribution in [0.2, 0.25) is 0 Å². The lowest BCUT2D eigenvalue weighted by molar-refractivity contribution is -0.146. The van der Waals surface area contributed by atoms with E-state index in [1.54, 1.807) is 14.0 Å². The fraction of sp³-hybridized carbons (Fsp3) is 0.500. The molecule has 0 aliphatic carbocycles. The van der Waals surface area contributed by atoms with Crippen LogP contribution in [0.4, 0.5) is 5.00 Å². The van der Waals surface area contributed by atoms with E-state index in [9.17, 15) is 19.5 Å². The van der Waals surface area contributed by atoms with Crippen LogP contribution in [0.25, 0.3) is 11.3 Å². The minimum atomic E-state index is -1.52. The fourth-order valence-electron chi connectivity index (χ4n) is 3.66. The molecular weight excluding hydrogens is 444 g/mol. The Morgan fingerprint density at radius 2 is 1.94 bits per heavy atom. The van der Waals surface area contributed by atoms with Gasteiger partial charge in [0.15, 0.2) is 0 Å². The summed E-state index contributed by atoms with van der Waals surface area (Å²) in [7, 11) is 1.63. The highest BCUT2D eigenvalue weighted by Gasteiger charge is 2.43. The van der Waals surface area contributed by atoms with Crippen LogP contribution < -0.4 is 16.0 Å². The average molecular weight is 475 g/mol.